The monoisotopic (exact) mass is 333 g/mol. The molecule has 1 saturated heterocycles. The summed E-state index contributed by atoms with van der Waals surface area (Å²) < 4.78 is 4.92. The third-order valence-electron chi connectivity index (χ3n) is 3.75. The molecule has 8 heteroatoms. The fourth-order valence-corrected chi connectivity index (χ4v) is 3.24. The summed E-state index contributed by atoms with van der Waals surface area (Å²) in [6, 6.07) is 1.95. The molecule has 23 heavy (non-hydrogen) atoms. The molecule has 3 heterocycles. The quantitative estimate of drug-likeness (QED) is 0.901. The molecule has 1 amide bonds. The van der Waals surface area contributed by atoms with E-state index < -0.39 is 0 Å². The first kappa shape index (κ1) is 15.8. The van der Waals surface area contributed by atoms with Gasteiger partial charge in [0.15, 0.2) is 5.13 Å². The molecule has 2 aromatic heterocycles. The number of hydrogen-bond acceptors (Lipinski definition) is 7. The van der Waals surface area contributed by atoms with Gasteiger partial charge in [0.05, 0.1) is 5.69 Å². The van der Waals surface area contributed by atoms with Crippen LogP contribution in [0.3, 0.4) is 0 Å². The molecule has 3 rings (SSSR count). The van der Waals surface area contributed by atoms with Crippen molar-refractivity contribution in [2.45, 2.75) is 19.3 Å². The van der Waals surface area contributed by atoms with E-state index in [0.717, 1.165) is 29.6 Å². The highest BCUT2D eigenvalue weighted by molar-refractivity contribution is 7.13. The molecule has 0 spiro atoms. The first-order chi connectivity index (χ1) is 11.2. The molecule has 122 valence electrons. The molecular formula is C15H19N5O2S. The number of carbonyl (C=O) groups excluding carboxylic acids is 1. The molecule has 2 aromatic rings. The van der Waals surface area contributed by atoms with E-state index in [1.54, 1.807) is 6.20 Å². The van der Waals surface area contributed by atoms with E-state index in [0.29, 0.717) is 12.4 Å². The number of ether oxygens (including phenoxy) is 1. The van der Waals surface area contributed by atoms with Gasteiger partial charge in [-0.2, -0.15) is 0 Å². The van der Waals surface area contributed by atoms with Gasteiger partial charge in [-0.3, -0.25) is 4.79 Å². The number of hydrogen-bond donors (Lipinski definition) is 1. The van der Waals surface area contributed by atoms with Gasteiger partial charge < -0.3 is 15.0 Å². The zero-order chi connectivity index (χ0) is 16.2. The smallest absolute Gasteiger partial charge is 0.248 e. The highest BCUT2D eigenvalue weighted by atomic mass is 32.1. The van der Waals surface area contributed by atoms with Gasteiger partial charge in [-0.05, 0) is 13.3 Å². The van der Waals surface area contributed by atoms with Crippen LogP contribution >= 0.6 is 11.3 Å². The van der Waals surface area contributed by atoms with Crippen LogP contribution in [0.1, 0.15) is 23.9 Å². The van der Waals surface area contributed by atoms with Crippen LogP contribution in [-0.4, -0.2) is 52.6 Å². The number of amides is 1. The van der Waals surface area contributed by atoms with Crippen molar-refractivity contribution in [2.24, 2.45) is 0 Å². The average Bonchev–Trinajstić information content (AvgIpc) is 3.18. The lowest BCUT2D eigenvalue weighted by Gasteiger charge is -2.16. The lowest BCUT2D eigenvalue weighted by atomic mass is 10.0. The number of nitrogens with one attached hydrogen (secondary N) is 1. The average molecular weight is 333 g/mol. The number of rotatable bonds is 5. The Morgan fingerprint density at radius 3 is 3.13 bits per heavy atom. The zero-order valence-corrected chi connectivity index (χ0v) is 14.0. The molecule has 0 saturated carbocycles. The lowest BCUT2D eigenvalue weighted by molar-refractivity contribution is -0.134. The lowest BCUT2D eigenvalue weighted by Crippen LogP contribution is -2.31. The van der Waals surface area contributed by atoms with Crippen molar-refractivity contribution in [2.75, 3.05) is 32.1 Å². The summed E-state index contributed by atoms with van der Waals surface area (Å²) >= 11 is 1.52. The second-order valence-electron chi connectivity index (χ2n) is 5.45. The third-order valence-corrected chi connectivity index (χ3v) is 4.44. The van der Waals surface area contributed by atoms with Crippen LogP contribution in [0.5, 0.6) is 0 Å². The summed E-state index contributed by atoms with van der Waals surface area (Å²) in [6.07, 6.45) is 2.65. The maximum atomic E-state index is 11.9. The summed E-state index contributed by atoms with van der Waals surface area (Å²) in [5.74, 6) is 1.71. The van der Waals surface area contributed by atoms with Crippen molar-refractivity contribution in [1.29, 1.82) is 0 Å². The normalized spacial score (nSPS) is 17.5. The molecule has 1 fully saturated rings. The van der Waals surface area contributed by atoms with Gasteiger partial charge >= 0.3 is 0 Å². The molecule has 1 aliphatic rings. The summed E-state index contributed by atoms with van der Waals surface area (Å²) in [5, 5.41) is 5.91. The highest BCUT2D eigenvalue weighted by Gasteiger charge is 2.28. The molecular weight excluding hydrogens is 314 g/mol. The second-order valence-corrected chi connectivity index (χ2v) is 6.34. The van der Waals surface area contributed by atoms with Crippen molar-refractivity contribution in [3.05, 3.63) is 29.2 Å². The Balaban J connectivity index is 1.73. The van der Waals surface area contributed by atoms with Crippen LogP contribution in [0.25, 0.3) is 0 Å². The standard InChI is InChI=1S/C15H19N5O2S/c1-10-17-12(7-13(18-10)19-15-16-4-6-23-15)11-3-5-20(8-11)14(21)9-22-2/h4,6-7,11H,3,5,8-9H2,1-2H3,(H,16,17,18,19)/t11-/m0/s1. The second kappa shape index (κ2) is 7.01. The molecule has 1 N–H and O–H groups in total. The Kier molecular flexibility index (Phi) is 4.82. The van der Waals surface area contributed by atoms with Crippen LogP contribution in [0, 0.1) is 6.92 Å². The minimum Gasteiger partial charge on any atom is -0.375 e. The van der Waals surface area contributed by atoms with E-state index in [-0.39, 0.29) is 18.4 Å². The Labute approximate surface area is 138 Å². The molecule has 0 aliphatic carbocycles. The molecule has 0 unspecified atom stereocenters. The Morgan fingerprint density at radius 1 is 1.52 bits per heavy atom. The predicted octanol–water partition coefficient (Wildman–Crippen LogP) is 1.95. The van der Waals surface area contributed by atoms with Gasteiger partial charge in [-0.1, -0.05) is 0 Å². The van der Waals surface area contributed by atoms with Gasteiger partial charge in [-0.15, -0.1) is 11.3 Å². The molecule has 0 aromatic carbocycles. The Hall–Kier alpha value is -2.06. The number of thiazole rings is 1. The van der Waals surface area contributed by atoms with Crippen molar-refractivity contribution in [1.82, 2.24) is 19.9 Å². The van der Waals surface area contributed by atoms with Gasteiger partial charge in [0, 0.05) is 43.8 Å². The summed E-state index contributed by atoms with van der Waals surface area (Å²) in [5.41, 5.74) is 0.962. The van der Waals surface area contributed by atoms with E-state index in [2.05, 4.69) is 20.3 Å². The number of carbonyl (C=O) groups is 1. The predicted molar refractivity (Wildman–Crippen MR) is 88.0 cm³/mol. The number of aryl methyl sites for hydroxylation is 1. The summed E-state index contributed by atoms with van der Waals surface area (Å²) in [4.78, 5) is 26.9. The van der Waals surface area contributed by atoms with Gasteiger partial charge in [-0.25, -0.2) is 15.0 Å². The number of nitrogens with zero attached hydrogens (tertiary/aromatic N) is 4. The fraction of sp³-hybridized carbons (Fsp3) is 0.467. The van der Waals surface area contributed by atoms with E-state index in [1.807, 2.05) is 23.3 Å². The number of anilines is 2. The van der Waals surface area contributed by atoms with E-state index >= 15 is 0 Å². The van der Waals surface area contributed by atoms with Crippen LogP contribution in [0.2, 0.25) is 0 Å². The van der Waals surface area contributed by atoms with Gasteiger partial charge in [0.2, 0.25) is 5.91 Å². The SMILES string of the molecule is COCC(=O)N1CC[C@H](c2cc(Nc3nccs3)nc(C)n2)C1. The van der Waals surface area contributed by atoms with E-state index in [9.17, 15) is 4.79 Å². The molecule has 7 nitrogen and oxygen atoms in total. The molecule has 1 atom stereocenters. The molecule has 0 bridgehead atoms. The highest BCUT2D eigenvalue weighted by Crippen LogP contribution is 2.28. The van der Waals surface area contributed by atoms with Crippen LogP contribution in [-0.2, 0) is 9.53 Å². The maximum absolute atomic E-state index is 11.9. The molecule has 0 radical (unpaired) electrons. The number of likely N-dealkylation sites (tertiary alicyclic amines) is 1. The van der Waals surface area contributed by atoms with Crippen LogP contribution < -0.4 is 5.32 Å². The zero-order valence-electron chi connectivity index (χ0n) is 13.2. The van der Waals surface area contributed by atoms with Crippen LogP contribution in [0.4, 0.5) is 10.9 Å². The van der Waals surface area contributed by atoms with Crippen molar-refractivity contribution in [3.8, 4) is 0 Å². The summed E-state index contributed by atoms with van der Waals surface area (Å²) in [6.45, 7) is 3.42. The largest absolute Gasteiger partial charge is 0.375 e. The Bertz CT molecular complexity index is 677. The van der Waals surface area contributed by atoms with E-state index in [1.165, 1.54) is 18.4 Å². The van der Waals surface area contributed by atoms with Crippen molar-refractivity contribution >= 4 is 28.2 Å². The third kappa shape index (κ3) is 3.83. The maximum Gasteiger partial charge on any atom is 0.248 e. The van der Waals surface area contributed by atoms with Crippen molar-refractivity contribution in [3.63, 3.8) is 0 Å². The summed E-state index contributed by atoms with van der Waals surface area (Å²) in [7, 11) is 1.54. The first-order valence-electron chi connectivity index (χ1n) is 7.44. The van der Waals surface area contributed by atoms with Gasteiger partial charge in [0.25, 0.3) is 0 Å². The topological polar surface area (TPSA) is 80.2 Å². The Morgan fingerprint density at radius 2 is 2.39 bits per heavy atom. The van der Waals surface area contributed by atoms with Gasteiger partial charge in [0.1, 0.15) is 18.2 Å². The van der Waals surface area contributed by atoms with E-state index in [4.69, 9.17) is 4.74 Å². The van der Waals surface area contributed by atoms with Crippen LogP contribution in [0.15, 0.2) is 17.6 Å². The fourth-order valence-electron chi connectivity index (χ4n) is 2.70. The number of methoxy groups -OCH3 is 1. The minimum atomic E-state index is 0.0295. The first-order valence-corrected chi connectivity index (χ1v) is 8.32. The van der Waals surface area contributed by atoms with Crippen molar-refractivity contribution < 1.29 is 9.53 Å². The minimum absolute atomic E-state index is 0.0295. The number of aromatic nitrogens is 3. The molecule has 1 aliphatic heterocycles.